The molecule has 0 saturated carbocycles. The predicted octanol–water partition coefficient (Wildman–Crippen LogP) is 15.6. The van der Waals surface area contributed by atoms with Crippen molar-refractivity contribution in [2.75, 3.05) is 11.5 Å². The predicted molar refractivity (Wildman–Crippen MR) is 220 cm³/mol. The first-order chi connectivity index (χ1) is 27.2. The minimum absolute atomic E-state index is 0.0202. The van der Waals surface area contributed by atoms with Gasteiger partial charge in [0.1, 0.15) is 34.1 Å². The second kappa shape index (κ2) is 21.8. The highest BCUT2D eigenvalue weighted by atomic mass is 19.4. The molecule has 0 amide bonds. The van der Waals surface area contributed by atoms with Crippen molar-refractivity contribution in [1.29, 1.82) is 0 Å². The van der Waals surface area contributed by atoms with Crippen LogP contribution in [0.1, 0.15) is 139 Å². The summed E-state index contributed by atoms with van der Waals surface area (Å²) in [7, 11) is 0. The molecule has 0 bridgehead atoms. The molecular formula is C47H58F6N2O2. The van der Waals surface area contributed by atoms with Gasteiger partial charge in [-0.1, -0.05) is 121 Å². The van der Waals surface area contributed by atoms with E-state index >= 15 is 0 Å². The maximum atomic E-state index is 13.7. The van der Waals surface area contributed by atoms with Crippen molar-refractivity contribution in [3.63, 3.8) is 0 Å². The van der Waals surface area contributed by atoms with Crippen LogP contribution < -0.4 is 20.9 Å². The third kappa shape index (κ3) is 14.4. The van der Waals surface area contributed by atoms with Gasteiger partial charge in [0, 0.05) is 16.8 Å². The van der Waals surface area contributed by atoms with E-state index in [-0.39, 0.29) is 34.4 Å². The van der Waals surface area contributed by atoms with Crippen LogP contribution in [-0.4, -0.2) is 0 Å². The largest absolute Gasteiger partial charge is 0.457 e. The molecule has 10 heteroatoms. The maximum Gasteiger partial charge on any atom is 0.420 e. The molecule has 0 unspecified atom stereocenters. The van der Waals surface area contributed by atoms with E-state index in [1.54, 1.807) is 24.3 Å². The van der Waals surface area contributed by atoms with Crippen molar-refractivity contribution in [1.82, 2.24) is 0 Å². The lowest BCUT2D eigenvalue weighted by Gasteiger charge is -2.32. The topological polar surface area (TPSA) is 70.5 Å². The first-order valence-electron chi connectivity index (χ1n) is 20.4. The monoisotopic (exact) mass is 796 g/mol. The number of halogens is 6. The number of ether oxygens (including phenoxy) is 2. The average molecular weight is 797 g/mol. The summed E-state index contributed by atoms with van der Waals surface area (Å²) in [6, 6.07) is 20.8. The van der Waals surface area contributed by atoms with Crippen LogP contribution in [0.2, 0.25) is 0 Å². The van der Waals surface area contributed by atoms with Crippen LogP contribution in [0.4, 0.5) is 37.7 Å². The number of hydrogen-bond donors (Lipinski definition) is 2. The van der Waals surface area contributed by atoms with Gasteiger partial charge < -0.3 is 20.9 Å². The average Bonchev–Trinajstić information content (AvgIpc) is 3.17. The molecule has 0 aliphatic heterocycles. The normalized spacial score (nSPS) is 12.4. The highest BCUT2D eigenvalue weighted by Gasteiger charge is 2.36. The van der Waals surface area contributed by atoms with Gasteiger partial charge in [0.25, 0.3) is 0 Å². The van der Waals surface area contributed by atoms with Crippen LogP contribution in [0.3, 0.4) is 0 Å². The Kier molecular flexibility index (Phi) is 17.2. The van der Waals surface area contributed by atoms with Gasteiger partial charge in [-0.15, -0.1) is 0 Å². The molecule has 0 atom stereocenters. The molecular weight excluding hydrogens is 739 g/mol. The number of nitrogen functional groups attached to an aromatic ring is 2. The lowest BCUT2D eigenvalue weighted by molar-refractivity contribution is -0.139. The summed E-state index contributed by atoms with van der Waals surface area (Å²) in [6.07, 6.45) is 14.2. The maximum absolute atomic E-state index is 13.7. The van der Waals surface area contributed by atoms with E-state index in [1.807, 2.05) is 24.3 Å². The molecule has 0 fully saturated rings. The van der Waals surface area contributed by atoms with Crippen molar-refractivity contribution < 1.29 is 35.8 Å². The fourth-order valence-corrected chi connectivity index (χ4v) is 7.11. The number of hydrogen-bond acceptors (Lipinski definition) is 4. The summed E-state index contributed by atoms with van der Waals surface area (Å²) in [5, 5.41) is 0. The van der Waals surface area contributed by atoms with Crippen molar-refractivity contribution in [2.24, 2.45) is 0 Å². The van der Waals surface area contributed by atoms with Crippen molar-refractivity contribution >= 4 is 11.4 Å². The van der Waals surface area contributed by atoms with Gasteiger partial charge >= 0.3 is 12.4 Å². The SMILES string of the molecule is CCCCCCCC/C=C\CCCCCCCCCC(C)(c1ccc(Oc2ccc(N)cc2C(F)(F)F)cc1)c1ccc(Oc2ccc(N)cc2C(F)(F)F)cc1. The zero-order valence-corrected chi connectivity index (χ0v) is 33.3. The first kappa shape index (κ1) is 45.1. The van der Waals surface area contributed by atoms with Crippen LogP contribution in [0.5, 0.6) is 23.0 Å². The zero-order chi connectivity index (χ0) is 41.3. The highest BCUT2D eigenvalue weighted by Crippen LogP contribution is 2.43. The number of benzene rings is 4. The van der Waals surface area contributed by atoms with Gasteiger partial charge in [-0.2, -0.15) is 26.3 Å². The second-order valence-corrected chi connectivity index (χ2v) is 15.1. The van der Waals surface area contributed by atoms with E-state index in [2.05, 4.69) is 26.0 Å². The third-order valence-corrected chi connectivity index (χ3v) is 10.5. The Morgan fingerprint density at radius 2 is 0.860 bits per heavy atom. The number of nitrogens with two attached hydrogens (primary N) is 2. The minimum atomic E-state index is -4.65. The smallest absolute Gasteiger partial charge is 0.420 e. The van der Waals surface area contributed by atoms with Crippen LogP contribution in [0.15, 0.2) is 97.1 Å². The summed E-state index contributed by atoms with van der Waals surface area (Å²) in [5.41, 5.74) is 10.6. The lowest BCUT2D eigenvalue weighted by atomic mass is 9.72. The lowest BCUT2D eigenvalue weighted by Crippen LogP contribution is -2.23. The number of allylic oxidation sites excluding steroid dienone is 2. The Morgan fingerprint density at radius 3 is 1.25 bits per heavy atom. The Morgan fingerprint density at radius 1 is 0.491 bits per heavy atom. The van der Waals surface area contributed by atoms with Gasteiger partial charge in [0.05, 0.1) is 0 Å². The molecule has 310 valence electrons. The summed E-state index contributed by atoms with van der Waals surface area (Å²) in [4.78, 5) is 0. The molecule has 57 heavy (non-hydrogen) atoms. The summed E-state index contributed by atoms with van der Waals surface area (Å²) in [5.74, 6) is -0.232. The van der Waals surface area contributed by atoms with Gasteiger partial charge in [-0.3, -0.25) is 0 Å². The number of unbranched alkanes of at least 4 members (excludes halogenated alkanes) is 13. The molecule has 4 N–H and O–H groups in total. The number of alkyl halides is 6. The van der Waals surface area contributed by atoms with E-state index in [0.29, 0.717) is 0 Å². The minimum Gasteiger partial charge on any atom is -0.457 e. The van der Waals surface area contributed by atoms with Gasteiger partial charge in [-0.05, 0) is 104 Å². The van der Waals surface area contributed by atoms with Crippen LogP contribution >= 0.6 is 0 Å². The molecule has 4 aromatic carbocycles. The standard InChI is InChI=1S/C47H58F6N2O2/c1-3-4-5-6-7-8-9-10-11-12-13-14-15-16-17-18-19-32-45(2,35-20-26-39(27-21-35)56-43-30-24-37(54)33-41(43)46(48,49)50)36-22-28-40(29-23-36)57-44-31-25-38(55)34-42(44)47(51,52)53/h10-11,20-31,33-34H,3-9,12-19,32,54-55H2,1-2H3/b11-10-. The van der Waals surface area contributed by atoms with Crippen molar-refractivity contribution in [3.05, 3.63) is 119 Å². The van der Waals surface area contributed by atoms with E-state index in [0.717, 1.165) is 61.8 Å². The Labute approximate surface area is 334 Å². The fraction of sp³-hybridized carbons (Fsp3) is 0.447. The molecule has 0 spiro atoms. The van der Waals surface area contributed by atoms with Gasteiger partial charge in [0.2, 0.25) is 0 Å². The molecule has 4 nitrogen and oxygen atoms in total. The molecule has 4 rings (SSSR count). The molecule has 0 radical (unpaired) electrons. The first-order valence-corrected chi connectivity index (χ1v) is 20.4. The van der Waals surface area contributed by atoms with E-state index in [9.17, 15) is 26.3 Å². The second-order valence-electron chi connectivity index (χ2n) is 15.1. The fourth-order valence-electron chi connectivity index (χ4n) is 7.11. The molecule has 0 aromatic heterocycles. The Balaban J connectivity index is 1.39. The molecule has 0 aliphatic rings. The summed E-state index contributed by atoms with van der Waals surface area (Å²) >= 11 is 0. The van der Waals surface area contributed by atoms with Crippen molar-refractivity contribution in [2.45, 2.75) is 134 Å². The molecule has 4 aromatic rings. The van der Waals surface area contributed by atoms with E-state index in [1.165, 1.54) is 88.5 Å². The third-order valence-electron chi connectivity index (χ3n) is 10.5. The van der Waals surface area contributed by atoms with Gasteiger partial charge in [0.15, 0.2) is 0 Å². The molecule has 0 heterocycles. The molecule has 0 aliphatic carbocycles. The van der Waals surface area contributed by atoms with Crippen molar-refractivity contribution in [3.8, 4) is 23.0 Å². The zero-order valence-electron chi connectivity index (χ0n) is 33.3. The van der Waals surface area contributed by atoms with Crippen LogP contribution in [0, 0.1) is 0 Å². The van der Waals surface area contributed by atoms with Gasteiger partial charge in [-0.25, -0.2) is 0 Å². The Bertz CT molecular complexity index is 1710. The Hall–Kier alpha value is -4.60. The molecule has 0 saturated heterocycles. The highest BCUT2D eigenvalue weighted by molar-refractivity contribution is 5.52. The van der Waals surface area contributed by atoms with Crippen LogP contribution in [0.25, 0.3) is 0 Å². The number of rotatable bonds is 23. The van der Waals surface area contributed by atoms with Crippen LogP contribution in [-0.2, 0) is 17.8 Å². The van der Waals surface area contributed by atoms with E-state index in [4.69, 9.17) is 20.9 Å². The summed E-state index contributed by atoms with van der Waals surface area (Å²) in [6.45, 7) is 4.34. The quantitative estimate of drug-likeness (QED) is 0.0339. The number of anilines is 2. The van der Waals surface area contributed by atoms with E-state index < -0.39 is 28.9 Å². The summed E-state index contributed by atoms with van der Waals surface area (Å²) < 4.78 is 93.7.